The third-order valence-corrected chi connectivity index (χ3v) is 3.26. The molecule has 4 nitrogen and oxygen atoms in total. The van der Waals surface area contributed by atoms with Crippen molar-refractivity contribution in [2.45, 2.75) is 19.8 Å². The SMILES string of the molecule is CCC(=O)/C=C1\NCCc2cc(OC)c(OC)cc21. The number of methoxy groups -OCH3 is 2. The van der Waals surface area contributed by atoms with E-state index >= 15 is 0 Å². The molecular formula is C15H19NO3. The summed E-state index contributed by atoms with van der Waals surface area (Å²) >= 11 is 0. The number of rotatable bonds is 4. The van der Waals surface area contributed by atoms with Crippen molar-refractivity contribution < 1.29 is 14.3 Å². The first-order chi connectivity index (χ1) is 9.19. The van der Waals surface area contributed by atoms with E-state index in [-0.39, 0.29) is 5.78 Å². The van der Waals surface area contributed by atoms with Gasteiger partial charge >= 0.3 is 0 Å². The van der Waals surface area contributed by atoms with Gasteiger partial charge in [0, 0.05) is 30.3 Å². The summed E-state index contributed by atoms with van der Waals surface area (Å²) in [4.78, 5) is 11.6. The lowest BCUT2D eigenvalue weighted by Crippen LogP contribution is -2.23. The Kier molecular flexibility index (Phi) is 4.10. The minimum absolute atomic E-state index is 0.116. The number of ether oxygens (including phenoxy) is 2. The summed E-state index contributed by atoms with van der Waals surface area (Å²) < 4.78 is 10.6. The van der Waals surface area contributed by atoms with E-state index in [0.717, 1.165) is 30.0 Å². The van der Waals surface area contributed by atoms with Crippen LogP contribution in [0.4, 0.5) is 0 Å². The number of hydrogen-bond donors (Lipinski definition) is 1. The largest absolute Gasteiger partial charge is 0.493 e. The second-order valence-electron chi connectivity index (χ2n) is 4.42. The van der Waals surface area contributed by atoms with Gasteiger partial charge in [0.2, 0.25) is 0 Å². The van der Waals surface area contributed by atoms with E-state index in [2.05, 4.69) is 5.32 Å². The van der Waals surface area contributed by atoms with E-state index in [1.54, 1.807) is 20.3 Å². The van der Waals surface area contributed by atoms with Gasteiger partial charge < -0.3 is 14.8 Å². The van der Waals surface area contributed by atoms with E-state index in [4.69, 9.17) is 9.47 Å². The first-order valence-corrected chi connectivity index (χ1v) is 6.43. The van der Waals surface area contributed by atoms with Crippen molar-refractivity contribution in [1.82, 2.24) is 5.32 Å². The van der Waals surface area contributed by atoms with Crippen LogP contribution in [0, 0.1) is 0 Å². The number of carbonyl (C=O) groups excluding carboxylic acids is 1. The van der Waals surface area contributed by atoms with Gasteiger partial charge in [0.1, 0.15) is 0 Å². The molecular weight excluding hydrogens is 242 g/mol. The second-order valence-corrected chi connectivity index (χ2v) is 4.42. The average Bonchev–Trinajstić information content (AvgIpc) is 2.45. The summed E-state index contributed by atoms with van der Waals surface area (Å²) in [5.41, 5.74) is 3.06. The molecule has 0 amide bonds. The maximum atomic E-state index is 11.6. The van der Waals surface area contributed by atoms with Crippen molar-refractivity contribution in [3.63, 3.8) is 0 Å². The van der Waals surface area contributed by atoms with E-state index in [1.165, 1.54) is 5.56 Å². The molecule has 1 aliphatic rings. The molecule has 0 fully saturated rings. The van der Waals surface area contributed by atoms with Crippen molar-refractivity contribution in [3.05, 3.63) is 29.3 Å². The van der Waals surface area contributed by atoms with Crippen molar-refractivity contribution in [2.24, 2.45) is 0 Å². The summed E-state index contributed by atoms with van der Waals surface area (Å²) in [6, 6.07) is 3.91. The maximum Gasteiger partial charge on any atom is 0.161 e. The Bertz CT molecular complexity index is 520. The summed E-state index contributed by atoms with van der Waals surface area (Å²) in [5.74, 6) is 1.52. The third-order valence-electron chi connectivity index (χ3n) is 3.26. The number of fused-ring (bicyclic) bond motifs is 1. The van der Waals surface area contributed by atoms with Crippen LogP contribution in [0.3, 0.4) is 0 Å². The van der Waals surface area contributed by atoms with Gasteiger partial charge in [-0.1, -0.05) is 6.92 Å². The first-order valence-electron chi connectivity index (χ1n) is 6.43. The molecule has 0 aliphatic carbocycles. The Labute approximate surface area is 113 Å². The molecule has 1 aromatic carbocycles. The first kappa shape index (κ1) is 13.5. The van der Waals surface area contributed by atoms with E-state index in [1.807, 2.05) is 19.1 Å². The van der Waals surface area contributed by atoms with Crippen molar-refractivity contribution in [3.8, 4) is 11.5 Å². The van der Waals surface area contributed by atoms with Crippen LogP contribution in [0.25, 0.3) is 5.70 Å². The number of benzene rings is 1. The molecule has 0 saturated heterocycles. The Morgan fingerprint density at radius 3 is 2.63 bits per heavy atom. The summed E-state index contributed by atoms with van der Waals surface area (Å²) in [7, 11) is 3.24. The minimum Gasteiger partial charge on any atom is -0.493 e. The van der Waals surface area contributed by atoms with Crippen molar-refractivity contribution in [2.75, 3.05) is 20.8 Å². The van der Waals surface area contributed by atoms with Crippen LogP contribution in [-0.2, 0) is 11.2 Å². The van der Waals surface area contributed by atoms with Gasteiger partial charge in [-0.3, -0.25) is 4.79 Å². The molecule has 19 heavy (non-hydrogen) atoms. The smallest absolute Gasteiger partial charge is 0.161 e. The molecule has 1 aliphatic heterocycles. The van der Waals surface area contributed by atoms with Gasteiger partial charge in [-0.25, -0.2) is 0 Å². The van der Waals surface area contributed by atoms with E-state index < -0.39 is 0 Å². The molecule has 0 bridgehead atoms. The zero-order valence-electron chi connectivity index (χ0n) is 11.6. The van der Waals surface area contributed by atoms with Crippen LogP contribution in [0.1, 0.15) is 24.5 Å². The molecule has 2 rings (SSSR count). The Hall–Kier alpha value is -1.97. The topological polar surface area (TPSA) is 47.6 Å². The number of allylic oxidation sites excluding steroid dienone is 1. The number of ketones is 1. The second kappa shape index (κ2) is 5.78. The highest BCUT2D eigenvalue weighted by atomic mass is 16.5. The molecule has 102 valence electrons. The van der Waals surface area contributed by atoms with Crippen LogP contribution in [0.2, 0.25) is 0 Å². The highest BCUT2D eigenvalue weighted by molar-refractivity contribution is 5.96. The van der Waals surface area contributed by atoms with Gasteiger partial charge in [0.15, 0.2) is 17.3 Å². The van der Waals surface area contributed by atoms with Crippen LogP contribution in [-0.4, -0.2) is 26.5 Å². The highest BCUT2D eigenvalue weighted by Gasteiger charge is 2.18. The molecule has 0 unspecified atom stereocenters. The summed E-state index contributed by atoms with van der Waals surface area (Å²) in [6.07, 6.45) is 3.09. The molecule has 1 heterocycles. The zero-order chi connectivity index (χ0) is 13.8. The fourth-order valence-electron chi connectivity index (χ4n) is 2.20. The molecule has 1 N–H and O–H groups in total. The Morgan fingerprint density at radius 1 is 1.32 bits per heavy atom. The number of carbonyl (C=O) groups is 1. The van der Waals surface area contributed by atoms with Gasteiger partial charge in [0.25, 0.3) is 0 Å². The molecule has 0 atom stereocenters. The maximum absolute atomic E-state index is 11.6. The molecule has 4 heteroatoms. The van der Waals surface area contributed by atoms with Crippen molar-refractivity contribution in [1.29, 1.82) is 0 Å². The standard InChI is InChI=1S/C15H19NO3/c1-4-11(17)8-13-12-9-15(19-3)14(18-2)7-10(12)5-6-16-13/h7-9,16H,4-6H2,1-3H3/b13-8-. The molecule has 0 saturated carbocycles. The van der Waals surface area contributed by atoms with Gasteiger partial charge in [-0.15, -0.1) is 0 Å². The lowest BCUT2D eigenvalue weighted by molar-refractivity contribution is -0.114. The summed E-state index contributed by atoms with van der Waals surface area (Å²) in [6.45, 7) is 2.68. The number of hydrogen-bond acceptors (Lipinski definition) is 4. The van der Waals surface area contributed by atoms with Gasteiger partial charge in [-0.05, 0) is 24.1 Å². The van der Waals surface area contributed by atoms with Crippen LogP contribution in [0.15, 0.2) is 18.2 Å². The fraction of sp³-hybridized carbons (Fsp3) is 0.400. The van der Waals surface area contributed by atoms with Crippen LogP contribution in [0.5, 0.6) is 11.5 Å². The normalized spacial score (nSPS) is 15.6. The molecule has 0 aromatic heterocycles. The van der Waals surface area contributed by atoms with Gasteiger partial charge in [0.05, 0.1) is 14.2 Å². The highest BCUT2D eigenvalue weighted by Crippen LogP contribution is 2.34. The van der Waals surface area contributed by atoms with E-state index in [0.29, 0.717) is 12.2 Å². The Balaban J connectivity index is 2.49. The molecule has 0 radical (unpaired) electrons. The van der Waals surface area contributed by atoms with Crippen LogP contribution >= 0.6 is 0 Å². The quantitative estimate of drug-likeness (QED) is 0.844. The van der Waals surface area contributed by atoms with E-state index in [9.17, 15) is 4.79 Å². The summed E-state index contributed by atoms with van der Waals surface area (Å²) in [5, 5.41) is 3.27. The minimum atomic E-state index is 0.116. The average molecular weight is 261 g/mol. The molecule has 1 aromatic rings. The van der Waals surface area contributed by atoms with Gasteiger partial charge in [-0.2, -0.15) is 0 Å². The predicted molar refractivity (Wildman–Crippen MR) is 74.5 cm³/mol. The third kappa shape index (κ3) is 2.72. The van der Waals surface area contributed by atoms with Crippen molar-refractivity contribution >= 4 is 11.5 Å². The lowest BCUT2D eigenvalue weighted by atomic mass is 9.96. The monoisotopic (exact) mass is 261 g/mol. The predicted octanol–water partition coefficient (Wildman–Crippen LogP) is 2.17. The fourth-order valence-corrected chi connectivity index (χ4v) is 2.20. The molecule has 0 spiro atoms. The Morgan fingerprint density at radius 2 is 2.00 bits per heavy atom. The van der Waals surface area contributed by atoms with Crippen LogP contribution < -0.4 is 14.8 Å². The number of nitrogens with one attached hydrogen (secondary N) is 1. The zero-order valence-corrected chi connectivity index (χ0v) is 11.6. The lowest BCUT2D eigenvalue weighted by Gasteiger charge is -2.23.